The van der Waals surface area contributed by atoms with Gasteiger partial charge in [-0.05, 0) is 38.1 Å². The van der Waals surface area contributed by atoms with Crippen molar-refractivity contribution in [2.24, 2.45) is 0 Å². The highest BCUT2D eigenvalue weighted by atomic mass is 16.5. The summed E-state index contributed by atoms with van der Waals surface area (Å²) in [4.78, 5) is 36.0. The monoisotopic (exact) mass is 473 g/mol. The standard InChI is InChI=1S/C24H27N9O2/c1-31-8-10-32(11-9-31)18-6-7-20(25-14-18)28-24-26-13-16-12-19(21-27-15-35-30-21)23(34)33(22(16)29-24)17-4-2-3-5-17/h6-7,12-15,17H,2-5,8-11H2,1H3,(H,25,26,28,29). The molecule has 5 heterocycles. The summed E-state index contributed by atoms with van der Waals surface area (Å²) in [5, 5.41) is 7.82. The first kappa shape index (κ1) is 21.7. The van der Waals surface area contributed by atoms with E-state index in [1.54, 1.807) is 16.8 Å². The number of rotatable bonds is 5. The van der Waals surface area contributed by atoms with Crippen LogP contribution < -0.4 is 15.8 Å². The van der Waals surface area contributed by atoms with Gasteiger partial charge >= 0.3 is 0 Å². The molecule has 4 aromatic rings. The molecule has 0 unspecified atom stereocenters. The highest BCUT2D eigenvalue weighted by Crippen LogP contribution is 2.31. The summed E-state index contributed by atoms with van der Waals surface area (Å²) < 4.78 is 6.66. The van der Waals surface area contributed by atoms with E-state index in [2.05, 4.69) is 48.3 Å². The molecule has 0 amide bonds. The lowest BCUT2D eigenvalue weighted by atomic mass is 10.1. The maximum atomic E-state index is 13.5. The maximum Gasteiger partial charge on any atom is 0.263 e. The van der Waals surface area contributed by atoms with Crippen LogP contribution in [0.2, 0.25) is 0 Å². The van der Waals surface area contributed by atoms with Crippen molar-refractivity contribution in [1.29, 1.82) is 0 Å². The zero-order valence-corrected chi connectivity index (χ0v) is 19.6. The van der Waals surface area contributed by atoms with Gasteiger partial charge in [-0.3, -0.25) is 9.36 Å². The van der Waals surface area contributed by atoms with Gasteiger partial charge in [-0.15, -0.1) is 0 Å². The van der Waals surface area contributed by atoms with Gasteiger partial charge in [-0.25, -0.2) is 9.97 Å². The molecule has 6 rings (SSSR count). The van der Waals surface area contributed by atoms with Crippen LogP contribution in [0.5, 0.6) is 0 Å². The van der Waals surface area contributed by atoms with Crippen molar-refractivity contribution in [3.05, 3.63) is 47.3 Å². The van der Waals surface area contributed by atoms with Gasteiger partial charge in [0.25, 0.3) is 5.56 Å². The van der Waals surface area contributed by atoms with Gasteiger partial charge in [0.1, 0.15) is 11.5 Å². The zero-order chi connectivity index (χ0) is 23.8. The summed E-state index contributed by atoms with van der Waals surface area (Å²) in [6.45, 7) is 4.07. The van der Waals surface area contributed by atoms with Crippen LogP contribution in [-0.2, 0) is 0 Å². The van der Waals surface area contributed by atoms with Crippen molar-refractivity contribution in [3.63, 3.8) is 0 Å². The first-order valence-corrected chi connectivity index (χ1v) is 12.0. The number of nitrogens with one attached hydrogen (secondary N) is 1. The van der Waals surface area contributed by atoms with E-state index in [0.29, 0.717) is 23.0 Å². The molecule has 0 atom stereocenters. The van der Waals surface area contributed by atoms with Crippen LogP contribution in [0.25, 0.3) is 22.4 Å². The van der Waals surface area contributed by atoms with Gasteiger partial charge in [0.05, 0.1) is 17.4 Å². The second-order valence-electron chi connectivity index (χ2n) is 9.22. The van der Waals surface area contributed by atoms with E-state index in [-0.39, 0.29) is 17.4 Å². The molecule has 0 radical (unpaired) electrons. The Morgan fingerprint density at radius 1 is 1.03 bits per heavy atom. The van der Waals surface area contributed by atoms with E-state index in [1.807, 2.05) is 12.3 Å². The van der Waals surface area contributed by atoms with Crippen LogP contribution in [0, 0.1) is 0 Å². The van der Waals surface area contributed by atoms with Crippen molar-refractivity contribution in [1.82, 2.24) is 34.6 Å². The Kier molecular flexibility index (Phi) is 5.61. The Hall–Kier alpha value is -3.86. The Labute approximate surface area is 201 Å². The molecule has 11 heteroatoms. The van der Waals surface area contributed by atoms with Crippen LogP contribution in [0.1, 0.15) is 31.7 Å². The van der Waals surface area contributed by atoms with E-state index >= 15 is 0 Å². The lowest BCUT2D eigenvalue weighted by Crippen LogP contribution is -2.44. The Morgan fingerprint density at radius 2 is 1.86 bits per heavy atom. The average Bonchev–Trinajstić information content (AvgIpc) is 3.60. The predicted octanol–water partition coefficient (Wildman–Crippen LogP) is 2.85. The molecule has 0 bridgehead atoms. The van der Waals surface area contributed by atoms with Gasteiger partial charge < -0.3 is 19.6 Å². The quantitative estimate of drug-likeness (QED) is 0.463. The van der Waals surface area contributed by atoms with E-state index < -0.39 is 0 Å². The van der Waals surface area contributed by atoms with Gasteiger partial charge in [0.2, 0.25) is 18.2 Å². The molecule has 11 nitrogen and oxygen atoms in total. The molecule has 1 N–H and O–H groups in total. The Balaban J connectivity index is 1.32. The molecule has 1 aliphatic heterocycles. The highest BCUT2D eigenvalue weighted by molar-refractivity contribution is 5.80. The van der Waals surface area contributed by atoms with Crippen LogP contribution >= 0.6 is 0 Å². The summed E-state index contributed by atoms with van der Waals surface area (Å²) in [7, 11) is 2.14. The van der Waals surface area contributed by atoms with Crippen molar-refractivity contribution in [3.8, 4) is 11.4 Å². The van der Waals surface area contributed by atoms with Crippen molar-refractivity contribution in [2.75, 3.05) is 43.4 Å². The van der Waals surface area contributed by atoms with Crippen molar-refractivity contribution >= 4 is 28.5 Å². The van der Waals surface area contributed by atoms with Crippen LogP contribution in [0.3, 0.4) is 0 Å². The smallest absolute Gasteiger partial charge is 0.263 e. The third kappa shape index (κ3) is 4.23. The summed E-state index contributed by atoms with van der Waals surface area (Å²) in [5.41, 5.74) is 1.93. The zero-order valence-electron chi connectivity index (χ0n) is 19.6. The normalized spacial score (nSPS) is 17.3. The number of hydrogen-bond donors (Lipinski definition) is 1. The second kappa shape index (κ2) is 9.06. The number of anilines is 3. The molecule has 4 aromatic heterocycles. The second-order valence-corrected chi connectivity index (χ2v) is 9.22. The van der Waals surface area contributed by atoms with Gasteiger partial charge in [0, 0.05) is 43.8 Å². The lowest BCUT2D eigenvalue weighted by Gasteiger charge is -2.33. The van der Waals surface area contributed by atoms with Crippen LogP contribution in [-0.4, -0.2) is 67.8 Å². The number of likely N-dealkylation sites (N-methyl/N-ethyl adjacent to an activating group) is 1. The molecule has 2 aliphatic rings. The lowest BCUT2D eigenvalue weighted by molar-refractivity contribution is 0.313. The number of nitrogens with zero attached hydrogens (tertiary/aromatic N) is 8. The molecule has 180 valence electrons. The van der Waals surface area contributed by atoms with Gasteiger partial charge in [-0.1, -0.05) is 18.0 Å². The fourth-order valence-electron chi connectivity index (χ4n) is 4.96. The number of fused-ring (bicyclic) bond motifs is 1. The molecule has 2 fully saturated rings. The molecular formula is C24H27N9O2. The van der Waals surface area contributed by atoms with E-state index in [9.17, 15) is 4.79 Å². The molecule has 35 heavy (non-hydrogen) atoms. The van der Waals surface area contributed by atoms with Crippen LogP contribution in [0.15, 0.2) is 46.3 Å². The SMILES string of the molecule is CN1CCN(c2ccc(Nc3ncc4cc(-c5ncon5)c(=O)n(C5CCCC5)c4n3)nc2)CC1. The van der Waals surface area contributed by atoms with E-state index in [1.165, 1.54) is 6.39 Å². The minimum Gasteiger partial charge on any atom is -0.368 e. The molecule has 1 saturated carbocycles. The van der Waals surface area contributed by atoms with Crippen molar-refractivity contribution < 1.29 is 4.52 Å². The molecule has 0 aromatic carbocycles. The largest absolute Gasteiger partial charge is 0.368 e. The number of aromatic nitrogens is 6. The summed E-state index contributed by atoms with van der Waals surface area (Å²) >= 11 is 0. The summed E-state index contributed by atoms with van der Waals surface area (Å²) in [5.74, 6) is 1.33. The number of piperazine rings is 1. The highest BCUT2D eigenvalue weighted by Gasteiger charge is 2.24. The number of hydrogen-bond acceptors (Lipinski definition) is 10. The maximum absolute atomic E-state index is 13.5. The fourth-order valence-corrected chi connectivity index (χ4v) is 4.96. The predicted molar refractivity (Wildman–Crippen MR) is 132 cm³/mol. The topological polar surface area (TPSA) is 118 Å². The van der Waals surface area contributed by atoms with Gasteiger partial charge in [0.15, 0.2) is 0 Å². The van der Waals surface area contributed by atoms with E-state index in [4.69, 9.17) is 9.51 Å². The molecule has 0 spiro atoms. The van der Waals surface area contributed by atoms with Gasteiger partial charge in [-0.2, -0.15) is 9.97 Å². The minimum absolute atomic E-state index is 0.0839. The number of pyridine rings is 2. The molecular weight excluding hydrogens is 446 g/mol. The summed E-state index contributed by atoms with van der Waals surface area (Å²) in [6.07, 6.45) is 8.87. The minimum atomic E-state index is -0.162. The van der Waals surface area contributed by atoms with Crippen molar-refractivity contribution in [2.45, 2.75) is 31.7 Å². The molecule has 1 saturated heterocycles. The average molecular weight is 474 g/mol. The third-order valence-corrected chi connectivity index (χ3v) is 6.92. The molecule has 1 aliphatic carbocycles. The third-order valence-electron chi connectivity index (χ3n) is 6.92. The Bertz CT molecular complexity index is 1370. The van der Waals surface area contributed by atoms with Crippen LogP contribution in [0.4, 0.5) is 17.5 Å². The fraction of sp³-hybridized carbons (Fsp3) is 0.417. The Morgan fingerprint density at radius 3 is 2.57 bits per heavy atom. The summed E-state index contributed by atoms with van der Waals surface area (Å²) in [6, 6.07) is 5.82. The van der Waals surface area contributed by atoms with E-state index in [0.717, 1.165) is 62.9 Å². The first-order valence-electron chi connectivity index (χ1n) is 12.0. The first-order chi connectivity index (χ1) is 17.2.